The van der Waals surface area contributed by atoms with Gasteiger partial charge in [0.2, 0.25) is 6.71 Å². The van der Waals surface area contributed by atoms with E-state index in [0.29, 0.717) is 0 Å². The van der Waals surface area contributed by atoms with E-state index in [1.165, 1.54) is 103 Å². The van der Waals surface area contributed by atoms with Crippen LogP contribution in [0, 0.1) is 0 Å². The van der Waals surface area contributed by atoms with Crippen LogP contribution in [0.25, 0.3) is 86.5 Å². The van der Waals surface area contributed by atoms with Crippen LogP contribution in [0.2, 0.25) is 0 Å². The molecule has 0 saturated carbocycles. The standard InChI is InChI=1S/C44H25B/c1-3-9-30-23-36-32(21-28(30)7-1)12-6-14-39(36)45-40-20-18-27-16-15-26-11-5-13-34-25-38(43(40)42(27)41(26)34)35-19-17-33-22-29-8-2-4-10-31(29)24-37(33)44(35)45/h1-25H. The highest BCUT2D eigenvalue weighted by Crippen LogP contribution is 2.42. The molecule has 204 valence electrons. The Hall–Kier alpha value is -5.66. The lowest BCUT2D eigenvalue weighted by Crippen LogP contribution is -2.55. The van der Waals surface area contributed by atoms with Gasteiger partial charge in [0.25, 0.3) is 0 Å². The largest absolute Gasteiger partial charge is 0.244 e. The number of hydrogen-bond donors (Lipinski definition) is 0. The van der Waals surface area contributed by atoms with E-state index in [-0.39, 0.29) is 6.71 Å². The van der Waals surface area contributed by atoms with Gasteiger partial charge < -0.3 is 0 Å². The summed E-state index contributed by atoms with van der Waals surface area (Å²) in [7, 11) is 0. The van der Waals surface area contributed by atoms with Crippen LogP contribution >= 0.6 is 0 Å². The molecule has 1 heterocycles. The first-order chi connectivity index (χ1) is 22.3. The molecule has 1 heteroatoms. The second kappa shape index (κ2) is 8.49. The van der Waals surface area contributed by atoms with E-state index in [2.05, 4.69) is 152 Å². The van der Waals surface area contributed by atoms with Crippen molar-refractivity contribution in [3.05, 3.63) is 152 Å². The molecular formula is C44H25B. The number of benzene rings is 10. The SMILES string of the molecule is c1ccc2cc3c(B4c5c(ccc6cc7ccccc7cc56)-c5cc6cccc7ccc8ccc4c5c8c76)cccc3cc2c1. The van der Waals surface area contributed by atoms with Gasteiger partial charge in [-0.1, -0.05) is 138 Å². The van der Waals surface area contributed by atoms with E-state index in [1.54, 1.807) is 0 Å². The summed E-state index contributed by atoms with van der Waals surface area (Å²) in [6, 6.07) is 57.4. The van der Waals surface area contributed by atoms with Crippen LogP contribution < -0.4 is 16.4 Å². The molecule has 1 aliphatic heterocycles. The van der Waals surface area contributed by atoms with Crippen molar-refractivity contribution in [1.29, 1.82) is 0 Å². The smallest absolute Gasteiger partial charge is 0.0663 e. The van der Waals surface area contributed by atoms with Crippen LogP contribution in [-0.4, -0.2) is 6.71 Å². The van der Waals surface area contributed by atoms with E-state index in [9.17, 15) is 0 Å². The molecule has 0 bridgehead atoms. The fourth-order valence-corrected chi connectivity index (χ4v) is 8.63. The average molecular weight is 564 g/mol. The Balaban J connectivity index is 1.36. The van der Waals surface area contributed by atoms with Crippen molar-refractivity contribution >= 4 is 98.5 Å². The molecule has 0 radical (unpaired) electrons. The summed E-state index contributed by atoms with van der Waals surface area (Å²) < 4.78 is 0. The summed E-state index contributed by atoms with van der Waals surface area (Å²) in [4.78, 5) is 0. The van der Waals surface area contributed by atoms with Crippen molar-refractivity contribution in [2.45, 2.75) is 0 Å². The minimum Gasteiger partial charge on any atom is -0.0663 e. The highest BCUT2D eigenvalue weighted by atomic mass is 14.2. The molecule has 45 heavy (non-hydrogen) atoms. The second-order valence-electron chi connectivity index (χ2n) is 12.8. The average Bonchev–Trinajstić information content (AvgIpc) is 3.09. The Morgan fingerprint density at radius 3 is 1.62 bits per heavy atom. The van der Waals surface area contributed by atoms with Crippen LogP contribution in [0.4, 0.5) is 0 Å². The first-order valence-corrected chi connectivity index (χ1v) is 15.9. The molecule has 0 N–H and O–H groups in total. The zero-order valence-electron chi connectivity index (χ0n) is 24.5. The lowest BCUT2D eigenvalue weighted by molar-refractivity contribution is 1.72. The van der Waals surface area contributed by atoms with Gasteiger partial charge in [-0.3, -0.25) is 0 Å². The van der Waals surface area contributed by atoms with Crippen LogP contribution in [0.3, 0.4) is 0 Å². The van der Waals surface area contributed by atoms with Gasteiger partial charge in [0.05, 0.1) is 0 Å². The van der Waals surface area contributed by atoms with Crippen LogP contribution in [0.1, 0.15) is 0 Å². The van der Waals surface area contributed by atoms with E-state index in [4.69, 9.17) is 0 Å². The first kappa shape index (κ1) is 23.8. The molecule has 0 saturated heterocycles. The normalized spacial score (nSPS) is 12.8. The van der Waals surface area contributed by atoms with Gasteiger partial charge in [-0.25, -0.2) is 0 Å². The Bertz CT molecular complexity index is 2880. The van der Waals surface area contributed by atoms with Gasteiger partial charge in [0, 0.05) is 0 Å². The van der Waals surface area contributed by atoms with Gasteiger partial charge in [0.1, 0.15) is 0 Å². The van der Waals surface area contributed by atoms with Crippen LogP contribution in [0.15, 0.2) is 152 Å². The molecule has 0 unspecified atom stereocenters. The summed E-state index contributed by atoms with van der Waals surface area (Å²) in [5, 5.41) is 18.6. The van der Waals surface area contributed by atoms with Gasteiger partial charge in [-0.15, -0.1) is 0 Å². The minimum absolute atomic E-state index is 0.0896. The molecule has 0 amide bonds. The highest BCUT2D eigenvalue weighted by molar-refractivity contribution is 7.01. The van der Waals surface area contributed by atoms with Gasteiger partial charge in [0.15, 0.2) is 0 Å². The van der Waals surface area contributed by atoms with Crippen molar-refractivity contribution in [3.63, 3.8) is 0 Å². The molecule has 0 atom stereocenters. The molecule has 0 spiro atoms. The lowest BCUT2D eigenvalue weighted by atomic mass is 9.32. The summed E-state index contributed by atoms with van der Waals surface area (Å²) in [6.07, 6.45) is 0. The Morgan fingerprint density at radius 1 is 0.289 bits per heavy atom. The minimum atomic E-state index is 0.0896. The lowest BCUT2D eigenvalue weighted by Gasteiger charge is -2.31. The van der Waals surface area contributed by atoms with Crippen LogP contribution in [-0.2, 0) is 0 Å². The quantitative estimate of drug-likeness (QED) is 0.106. The molecular weight excluding hydrogens is 539 g/mol. The number of hydrogen-bond acceptors (Lipinski definition) is 0. The highest BCUT2D eigenvalue weighted by Gasteiger charge is 2.35. The maximum absolute atomic E-state index is 2.46. The van der Waals surface area contributed by atoms with E-state index >= 15 is 0 Å². The fraction of sp³-hybridized carbons (Fsp3) is 0. The molecule has 0 aromatic heterocycles. The zero-order chi connectivity index (χ0) is 29.2. The van der Waals surface area contributed by atoms with Gasteiger partial charge >= 0.3 is 0 Å². The molecule has 11 rings (SSSR count). The molecule has 0 fully saturated rings. The second-order valence-corrected chi connectivity index (χ2v) is 12.8. The topological polar surface area (TPSA) is 0 Å². The maximum Gasteiger partial charge on any atom is 0.244 e. The predicted molar refractivity (Wildman–Crippen MR) is 197 cm³/mol. The number of fused-ring (bicyclic) bond motifs is 7. The third kappa shape index (κ3) is 3.12. The van der Waals surface area contributed by atoms with Crippen molar-refractivity contribution in [1.82, 2.24) is 0 Å². The Labute approximate surface area is 260 Å². The van der Waals surface area contributed by atoms with E-state index in [1.807, 2.05) is 0 Å². The fourth-order valence-electron chi connectivity index (χ4n) is 8.63. The predicted octanol–water partition coefficient (Wildman–Crippen LogP) is 9.69. The zero-order valence-corrected chi connectivity index (χ0v) is 24.5. The maximum atomic E-state index is 2.46. The monoisotopic (exact) mass is 564 g/mol. The summed E-state index contributed by atoms with van der Waals surface area (Å²) >= 11 is 0. The summed E-state index contributed by atoms with van der Waals surface area (Å²) in [5.74, 6) is 0. The Morgan fingerprint density at radius 2 is 0.844 bits per heavy atom. The van der Waals surface area contributed by atoms with Gasteiger partial charge in [-0.2, -0.15) is 0 Å². The van der Waals surface area contributed by atoms with Crippen molar-refractivity contribution < 1.29 is 0 Å². The van der Waals surface area contributed by atoms with Crippen molar-refractivity contribution in [2.75, 3.05) is 0 Å². The molecule has 10 aromatic rings. The molecule has 0 nitrogen and oxygen atoms in total. The van der Waals surface area contributed by atoms with Crippen LogP contribution in [0.5, 0.6) is 0 Å². The third-order valence-corrected chi connectivity index (χ3v) is 10.6. The summed E-state index contributed by atoms with van der Waals surface area (Å²) in [5.41, 5.74) is 6.91. The number of rotatable bonds is 1. The van der Waals surface area contributed by atoms with Gasteiger partial charge in [-0.05, 0) is 117 Å². The van der Waals surface area contributed by atoms with E-state index in [0.717, 1.165) is 0 Å². The molecule has 10 aromatic carbocycles. The van der Waals surface area contributed by atoms with Crippen molar-refractivity contribution in [2.24, 2.45) is 0 Å². The van der Waals surface area contributed by atoms with Crippen molar-refractivity contribution in [3.8, 4) is 11.1 Å². The molecule has 1 aliphatic rings. The first-order valence-electron chi connectivity index (χ1n) is 15.9. The molecule has 0 aliphatic carbocycles. The third-order valence-electron chi connectivity index (χ3n) is 10.6. The Kier molecular flexibility index (Phi) is 4.48. The van der Waals surface area contributed by atoms with E-state index < -0.39 is 0 Å². The summed E-state index contributed by atoms with van der Waals surface area (Å²) in [6.45, 7) is 0.0896.